The van der Waals surface area contributed by atoms with Crippen molar-refractivity contribution in [1.82, 2.24) is 0 Å². The highest BCUT2D eigenvalue weighted by Gasteiger charge is 2.12. The Hall–Kier alpha value is -0.730. The van der Waals surface area contributed by atoms with Crippen LogP contribution in [0.4, 0.5) is 0 Å². The van der Waals surface area contributed by atoms with Gasteiger partial charge >= 0.3 is 0 Å². The average Bonchev–Trinajstić information content (AvgIpc) is 1.64. The molecule has 0 aliphatic rings. The molecule has 5 heteroatoms. The predicted octanol–water partition coefficient (Wildman–Crippen LogP) is -0.302. The highest BCUT2D eigenvalue weighted by Crippen LogP contribution is 1.93. The molecule has 0 rings (SSSR count). The third-order valence-electron chi connectivity index (χ3n) is 0.698. The summed E-state index contributed by atoms with van der Waals surface area (Å²) in [5.41, 5.74) is 10.2. The maximum Gasteiger partial charge on any atom is 0.146 e. The van der Waals surface area contributed by atoms with Gasteiger partial charge in [-0.05, 0) is 0 Å². The minimum Gasteiger partial charge on any atom is -0.392 e. The molecule has 0 spiro atoms. The summed E-state index contributed by atoms with van der Waals surface area (Å²) in [6.07, 6.45) is 0. The van der Waals surface area contributed by atoms with Gasteiger partial charge in [0.1, 0.15) is 5.92 Å². The second-order valence-electron chi connectivity index (χ2n) is 1.37. The summed E-state index contributed by atoms with van der Waals surface area (Å²) in [5.74, 6) is -0.755. The summed E-state index contributed by atoms with van der Waals surface area (Å²) in [6.45, 7) is 0. The molecule has 4 N–H and O–H groups in total. The normalized spacial score (nSPS) is 8.44. The van der Waals surface area contributed by atoms with Gasteiger partial charge in [0.2, 0.25) is 0 Å². The summed E-state index contributed by atoms with van der Waals surface area (Å²) in [7, 11) is 0. The summed E-state index contributed by atoms with van der Waals surface area (Å²) in [6, 6.07) is 1.77. The van der Waals surface area contributed by atoms with Gasteiger partial charge in [0.05, 0.1) is 16.0 Å². The van der Waals surface area contributed by atoms with Gasteiger partial charge in [0, 0.05) is 0 Å². The predicted molar refractivity (Wildman–Crippen MR) is 42.7 cm³/mol. The van der Waals surface area contributed by atoms with E-state index in [2.05, 4.69) is 24.4 Å². The van der Waals surface area contributed by atoms with Crippen LogP contribution in [0.5, 0.6) is 0 Å². The first kappa shape index (κ1) is 8.27. The lowest BCUT2D eigenvalue weighted by Gasteiger charge is -2.01. The maximum absolute atomic E-state index is 8.28. The Morgan fingerprint density at radius 1 is 1.33 bits per heavy atom. The van der Waals surface area contributed by atoms with Crippen LogP contribution in [-0.4, -0.2) is 9.98 Å². The number of hydrogen-bond donors (Lipinski definition) is 2. The standard InChI is InChI=1S/C4H5N3S2/c5-1-2(3(6)8)4(7)9/h2H,(H2,6,8)(H2,7,9). The van der Waals surface area contributed by atoms with Crippen LogP contribution in [0.3, 0.4) is 0 Å². The zero-order valence-electron chi connectivity index (χ0n) is 4.50. The number of thiocarbonyl (C=S) groups is 2. The highest BCUT2D eigenvalue weighted by atomic mass is 32.1. The zero-order valence-corrected chi connectivity index (χ0v) is 6.13. The van der Waals surface area contributed by atoms with E-state index in [4.69, 9.17) is 16.7 Å². The van der Waals surface area contributed by atoms with E-state index in [1.54, 1.807) is 6.07 Å². The summed E-state index contributed by atoms with van der Waals surface area (Å²) in [4.78, 5) is 0.0648. The van der Waals surface area contributed by atoms with Crippen LogP contribution < -0.4 is 11.5 Å². The number of nitriles is 1. The van der Waals surface area contributed by atoms with E-state index in [0.29, 0.717) is 0 Å². The van der Waals surface area contributed by atoms with E-state index >= 15 is 0 Å². The van der Waals surface area contributed by atoms with Crippen LogP contribution in [0.15, 0.2) is 0 Å². The van der Waals surface area contributed by atoms with E-state index in [1.807, 2.05) is 0 Å². The molecule has 0 fully saturated rings. The fourth-order valence-electron chi connectivity index (χ4n) is 0.267. The summed E-state index contributed by atoms with van der Waals surface area (Å²) >= 11 is 8.96. The van der Waals surface area contributed by atoms with Crippen molar-refractivity contribution in [1.29, 1.82) is 5.26 Å². The number of hydrogen-bond acceptors (Lipinski definition) is 3. The van der Waals surface area contributed by atoms with Crippen molar-refractivity contribution in [3.8, 4) is 6.07 Å². The largest absolute Gasteiger partial charge is 0.392 e. The zero-order chi connectivity index (χ0) is 7.44. The van der Waals surface area contributed by atoms with E-state index in [-0.39, 0.29) is 9.98 Å². The molecule has 9 heavy (non-hydrogen) atoms. The Bertz CT molecular complexity index is 167. The molecule has 0 heterocycles. The molecule has 0 radical (unpaired) electrons. The fourth-order valence-corrected chi connectivity index (χ4v) is 0.701. The number of nitrogens with zero attached hydrogens (tertiary/aromatic N) is 1. The third kappa shape index (κ3) is 2.35. The molecule has 3 nitrogen and oxygen atoms in total. The van der Waals surface area contributed by atoms with E-state index in [1.165, 1.54) is 0 Å². The molecule has 48 valence electrons. The van der Waals surface area contributed by atoms with Crippen molar-refractivity contribution in [3.05, 3.63) is 0 Å². The first-order valence-corrected chi connectivity index (χ1v) is 2.89. The molecule has 0 atom stereocenters. The highest BCUT2D eigenvalue weighted by molar-refractivity contribution is 7.82. The van der Waals surface area contributed by atoms with E-state index in [0.717, 1.165) is 0 Å². The van der Waals surface area contributed by atoms with E-state index < -0.39 is 5.92 Å². The summed E-state index contributed by atoms with van der Waals surface area (Å²) in [5, 5.41) is 8.28. The lowest BCUT2D eigenvalue weighted by Crippen LogP contribution is -2.31. The Morgan fingerprint density at radius 2 is 1.67 bits per heavy atom. The molecular weight excluding hydrogens is 154 g/mol. The Morgan fingerprint density at radius 3 is 1.67 bits per heavy atom. The molecule has 0 amide bonds. The monoisotopic (exact) mass is 159 g/mol. The Labute approximate surface area is 63.6 Å². The molecule has 0 saturated carbocycles. The quantitative estimate of drug-likeness (QED) is 0.541. The van der Waals surface area contributed by atoms with Crippen LogP contribution >= 0.6 is 24.4 Å². The van der Waals surface area contributed by atoms with Gasteiger partial charge in [-0.3, -0.25) is 0 Å². The van der Waals surface area contributed by atoms with Crippen LogP contribution in [0.25, 0.3) is 0 Å². The molecule has 0 aromatic heterocycles. The number of rotatable bonds is 2. The van der Waals surface area contributed by atoms with Crippen molar-refractivity contribution in [3.63, 3.8) is 0 Å². The Kier molecular flexibility index (Phi) is 3.06. The minimum absolute atomic E-state index is 0.0324. The molecule has 0 aromatic rings. The molecular formula is C4H5N3S2. The van der Waals surface area contributed by atoms with Crippen LogP contribution in [0.2, 0.25) is 0 Å². The van der Waals surface area contributed by atoms with Gasteiger partial charge in [0.15, 0.2) is 0 Å². The van der Waals surface area contributed by atoms with Gasteiger partial charge in [-0.2, -0.15) is 5.26 Å². The van der Waals surface area contributed by atoms with Crippen LogP contribution in [-0.2, 0) is 0 Å². The van der Waals surface area contributed by atoms with Gasteiger partial charge in [-0.25, -0.2) is 0 Å². The van der Waals surface area contributed by atoms with Gasteiger partial charge in [-0.1, -0.05) is 24.4 Å². The van der Waals surface area contributed by atoms with Crippen molar-refractivity contribution in [2.24, 2.45) is 17.4 Å². The average molecular weight is 159 g/mol. The first-order chi connectivity index (χ1) is 4.09. The molecule has 0 bridgehead atoms. The fraction of sp³-hybridized carbons (Fsp3) is 0.250. The second-order valence-corrected chi connectivity index (χ2v) is 2.31. The van der Waals surface area contributed by atoms with Crippen LogP contribution in [0, 0.1) is 17.2 Å². The minimum atomic E-state index is -0.755. The van der Waals surface area contributed by atoms with Crippen molar-refractivity contribution in [2.45, 2.75) is 0 Å². The SMILES string of the molecule is N#CC(C(N)=S)C(N)=S. The van der Waals surface area contributed by atoms with Crippen molar-refractivity contribution >= 4 is 34.4 Å². The number of nitrogens with two attached hydrogens (primary N) is 2. The van der Waals surface area contributed by atoms with Gasteiger partial charge in [-0.15, -0.1) is 0 Å². The molecule has 0 aliphatic heterocycles. The molecule has 0 saturated heterocycles. The third-order valence-corrected chi connectivity index (χ3v) is 1.17. The Balaban J connectivity index is 4.22. The molecule has 0 aliphatic carbocycles. The lowest BCUT2D eigenvalue weighted by molar-refractivity contribution is 1.22. The van der Waals surface area contributed by atoms with Crippen molar-refractivity contribution < 1.29 is 0 Å². The lowest BCUT2D eigenvalue weighted by atomic mass is 10.2. The smallest absolute Gasteiger partial charge is 0.146 e. The maximum atomic E-state index is 8.28. The molecule has 0 unspecified atom stereocenters. The second kappa shape index (κ2) is 3.33. The van der Waals surface area contributed by atoms with E-state index in [9.17, 15) is 0 Å². The van der Waals surface area contributed by atoms with Crippen molar-refractivity contribution in [2.75, 3.05) is 0 Å². The van der Waals surface area contributed by atoms with Gasteiger partial charge in [0.25, 0.3) is 0 Å². The molecule has 0 aromatic carbocycles. The van der Waals surface area contributed by atoms with Gasteiger partial charge < -0.3 is 11.5 Å². The summed E-state index contributed by atoms with van der Waals surface area (Å²) < 4.78 is 0. The van der Waals surface area contributed by atoms with Crippen LogP contribution in [0.1, 0.15) is 0 Å². The first-order valence-electron chi connectivity index (χ1n) is 2.08. The topological polar surface area (TPSA) is 75.8 Å².